The molecular weight excluding hydrogens is 300 g/mol. The van der Waals surface area contributed by atoms with Crippen LogP contribution in [0, 0.1) is 0 Å². The van der Waals surface area contributed by atoms with Crippen molar-refractivity contribution < 1.29 is 13.2 Å². The number of unbranched alkanes of at least 4 members (excludes halogenated alkanes) is 3. The molecule has 0 fully saturated rings. The Balaban J connectivity index is 2.48. The largest absolute Gasteiger partial charge is 0.356 e. The summed E-state index contributed by atoms with van der Waals surface area (Å²) >= 11 is 0. The minimum Gasteiger partial charge on any atom is -0.356 e. The molecule has 1 aromatic rings. The summed E-state index contributed by atoms with van der Waals surface area (Å²) in [5, 5.41) is 2.83. The van der Waals surface area contributed by atoms with Gasteiger partial charge in [0.2, 0.25) is 0 Å². The van der Waals surface area contributed by atoms with E-state index in [0.717, 1.165) is 19.3 Å². The van der Waals surface area contributed by atoms with E-state index in [1.807, 2.05) is 6.92 Å². The molecular formula is C13H21ClN2O3S. The van der Waals surface area contributed by atoms with Gasteiger partial charge in [-0.2, -0.15) is 0 Å². The van der Waals surface area contributed by atoms with Gasteiger partial charge in [-0.05, 0) is 19.4 Å². The zero-order valence-electron chi connectivity index (χ0n) is 11.8. The van der Waals surface area contributed by atoms with E-state index in [-0.39, 0.29) is 22.5 Å². The number of aromatic amines is 1. The lowest BCUT2D eigenvalue weighted by atomic mass is 10.1. The third-order valence-corrected chi connectivity index (χ3v) is 4.38. The van der Waals surface area contributed by atoms with Crippen LogP contribution in [0.4, 0.5) is 0 Å². The Kier molecular flexibility index (Phi) is 6.55. The zero-order chi connectivity index (χ0) is 15.2. The van der Waals surface area contributed by atoms with Crippen molar-refractivity contribution in [3.05, 3.63) is 18.0 Å². The third kappa shape index (κ3) is 5.54. The number of carbonyl (C=O) groups excluding carboxylic acids is 1. The van der Waals surface area contributed by atoms with Gasteiger partial charge in [-0.3, -0.25) is 4.79 Å². The molecule has 0 bridgehead atoms. The molecule has 0 radical (unpaired) electrons. The van der Waals surface area contributed by atoms with Crippen LogP contribution < -0.4 is 5.32 Å². The van der Waals surface area contributed by atoms with Gasteiger partial charge >= 0.3 is 0 Å². The molecule has 114 valence electrons. The van der Waals surface area contributed by atoms with E-state index in [1.54, 1.807) is 0 Å². The zero-order valence-corrected chi connectivity index (χ0v) is 13.4. The van der Waals surface area contributed by atoms with Crippen LogP contribution in [0.25, 0.3) is 0 Å². The van der Waals surface area contributed by atoms with E-state index in [9.17, 15) is 13.2 Å². The molecule has 20 heavy (non-hydrogen) atoms. The van der Waals surface area contributed by atoms with Crippen molar-refractivity contribution >= 4 is 25.6 Å². The molecule has 1 atom stereocenters. The molecule has 2 N–H and O–H groups in total. The van der Waals surface area contributed by atoms with E-state index in [4.69, 9.17) is 10.7 Å². The molecule has 0 saturated carbocycles. The van der Waals surface area contributed by atoms with Gasteiger partial charge in [0.1, 0.15) is 10.6 Å². The first kappa shape index (κ1) is 17.0. The number of hydrogen-bond donors (Lipinski definition) is 2. The van der Waals surface area contributed by atoms with Crippen LogP contribution >= 0.6 is 10.7 Å². The Morgan fingerprint density at radius 3 is 2.65 bits per heavy atom. The molecule has 0 spiro atoms. The van der Waals surface area contributed by atoms with Crippen LogP contribution in [-0.2, 0) is 9.05 Å². The summed E-state index contributed by atoms with van der Waals surface area (Å²) < 4.78 is 22.2. The summed E-state index contributed by atoms with van der Waals surface area (Å²) in [6, 6.07) is 1.29. The number of aromatic nitrogens is 1. The number of hydrogen-bond acceptors (Lipinski definition) is 3. The highest BCUT2D eigenvalue weighted by Crippen LogP contribution is 2.15. The fraction of sp³-hybridized carbons (Fsp3) is 0.615. The molecule has 0 aromatic carbocycles. The van der Waals surface area contributed by atoms with Crippen LogP contribution in [0.5, 0.6) is 0 Å². The van der Waals surface area contributed by atoms with Gasteiger partial charge in [0.15, 0.2) is 0 Å². The van der Waals surface area contributed by atoms with Crippen molar-refractivity contribution in [3.8, 4) is 0 Å². The molecule has 0 aliphatic rings. The van der Waals surface area contributed by atoms with Crippen molar-refractivity contribution in [1.29, 1.82) is 0 Å². The number of halogens is 1. The number of H-pyrrole nitrogens is 1. The van der Waals surface area contributed by atoms with E-state index in [1.165, 1.54) is 25.1 Å². The summed E-state index contributed by atoms with van der Waals surface area (Å²) in [7, 11) is 1.40. The first-order valence-corrected chi connectivity index (χ1v) is 9.09. The fourth-order valence-corrected chi connectivity index (χ4v) is 2.62. The van der Waals surface area contributed by atoms with E-state index < -0.39 is 9.05 Å². The van der Waals surface area contributed by atoms with Crippen molar-refractivity contribution in [1.82, 2.24) is 10.3 Å². The maximum atomic E-state index is 11.9. The monoisotopic (exact) mass is 320 g/mol. The predicted octanol–water partition coefficient (Wildman–Crippen LogP) is 3.03. The maximum absolute atomic E-state index is 11.9. The number of amides is 1. The van der Waals surface area contributed by atoms with Crippen molar-refractivity contribution in [2.45, 2.75) is 56.9 Å². The summed E-state index contributed by atoms with van der Waals surface area (Å²) in [6.07, 6.45) is 6.73. The first-order chi connectivity index (χ1) is 9.34. The van der Waals surface area contributed by atoms with Crippen LogP contribution in [0.15, 0.2) is 17.2 Å². The summed E-state index contributed by atoms with van der Waals surface area (Å²) in [4.78, 5) is 14.4. The van der Waals surface area contributed by atoms with Crippen molar-refractivity contribution in [2.75, 3.05) is 0 Å². The SMILES string of the molecule is CCCCCCC(C)NC(=O)c1cc(S(=O)(=O)Cl)c[nH]1. The Labute approximate surface area is 124 Å². The Morgan fingerprint density at radius 1 is 1.40 bits per heavy atom. The standard InChI is InChI=1S/C13H21ClN2O3S/c1-3-4-5-6-7-10(2)16-13(17)12-8-11(9-15-12)20(14,18)19/h8-10,15H,3-7H2,1-2H3,(H,16,17). The molecule has 1 unspecified atom stereocenters. The average molecular weight is 321 g/mol. The molecule has 1 amide bonds. The average Bonchev–Trinajstić information content (AvgIpc) is 2.84. The van der Waals surface area contributed by atoms with Gasteiger partial charge in [0.25, 0.3) is 15.0 Å². The second kappa shape index (κ2) is 7.69. The second-order valence-electron chi connectivity index (χ2n) is 4.91. The molecule has 0 aliphatic heterocycles. The predicted molar refractivity (Wildman–Crippen MR) is 79.5 cm³/mol. The lowest BCUT2D eigenvalue weighted by molar-refractivity contribution is 0.0933. The Hall–Kier alpha value is -1.01. The highest BCUT2D eigenvalue weighted by molar-refractivity contribution is 8.13. The molecule has 7 heteroatoms. The molecule has 5 nitrogen and oxygen atoms in total. The van der Waals surface area contributed by atoms with Crippen LogP contribution in [0.1, 0.15) is 56.4 Å². The third-order valence-electron chi connectivity index (χ3n) is 3.05. The van der Waals surface area contributed by atoms with Crippen LogP contribution in [0.3, 0.4) is 0 Å². The van der Waals surface area contributed by atoms with Gasteiger partial charge in [0, 0.05) is 22.9 Å². The number of nitrogens with one attached hydrogen (secondary N) is 2. The minimum atomic E-state index is -3.80. The summed E-state index contributed by atoms with van der Waals surface area (Å²) in [5.74, 6) is -0.320. The lowest BCUT2D eigenvalue weighted by Crippen LogP contribution is -2.32. The smallest absolute Gasteiger partial charge is 0.267 e. The molecule has 1 heterocycles. The van der Waals surface area contributed by atoms with Crippen molar-refractivity contribution in [2.24, 2.45) is 0 Å². The summed E-state index contributed by atoms with van der Waals surface area (Å²) in [6.45, 7) is 4.09. The highest BCUT2D eigenvalue weighted by atomic mass is 35.7. The van der Waals surface area contributed by atoms with Crippen LogP contribution in [0.2, 0.25) is 0 Å². The Morgan fingerprint density at radius 2 is 2.10 bits per heavy atom. The van der Waals surface area contributed by atoms with Gasteiger partial charge in [0.05, 0.1) is 0 Å². The minimum absolute atomic E-state index is 0.0544. The van der Waals surface area contributed by atoms with E-state index >= 15 is 0 Å². The lowest BCUT2D eigenvalue weighted by Gasteiger charge is -2.12. The second-order valence-corrected chi connectivity index (χ2v) is 7.48. The number of carbonyl (C=O) groups is 1. The molecule has 1 rings (SSSR count). The summed E-state index contributed by atoms with van der Waals surface area (Å²) in [5.41, 5.74) is 0.199. The molecule has 1 aromatic heterocycles. The normalized spacial score (nSPS) is 13.2. The fourth-order valence-electron chi connectivity index (χ4n) is 1.90. The van der Waals surface area contributed by atoms with Gasteiger partial charge in [-0.25, -0.2) is 8.42 Å². The maximum Gasteiger partial charge on any atom is 0.267 e. The topological polar surface area (TPSA) is 79.0 Å². The molecule has 0 saturated heterocycles. The van der Waals surface area contributed by atoms with E-state index in [2.05, 4.69) is 17.2 Å². The van der Waals surface area contributed by atoms with E-state index in [0.29, 0.717) is 0 Å². The number of rotatable bonds is 8. The van der Waals surface area contributed by atoms with Crippen molar-refractivity contribution in [3.63, 3.8) is 0 Å². The Bertz CT molecular complexity index is 540. The first-order valence-electron chi connectivity index (χ1n) is 6.78. The van der Waals surface area contributed by atoms with Gasteiger partial charge < -0.3 is 10.3 Å². The van der Waals surface area contributed by atoms with Gasteiger partial charge in [-0.1, -0.05) is 32.6 Å². The quantitative estimate of drug-likeness (QED) is 0.571. The molecule has 0 aliphatic carbocycles. The van der Waals surface area contributed by atoms with Crippen LogP contribution in [-0.4, -0.2) is 25.4 Å². The van der Waals surface area contributed by atoms with Gasteiger partial charge in [-0.15, -0.1) is 0 Å². The highest BCUT2D eigenvalue weighted by Gasteiger charge is 2.16.